The zero-order valence-corrected chi connectivity index (χ0v) is 19.3. The van der Waals surface area contributed by atoms with Crippen molar-refractivity contribution in [3.63, 3.8) is 0 Å². The lowest BCUT2D eigenvalue weighted by molar-refractivity contribution is 0.108. The van der Waals surface area contributed by atoms with Gasteiger partial charge in [0.2, 0.25) is 0 Å². The van der Waals surface area contributed by atoms with Crippen molar-refractivity contribution in [1.82, 2.24) is 24.8 Å². The first-order valence-electron chi connectivity index (χ1n) is 10.5. The van der Waals surface area contributed by atoms with Crippen molar-refractivity contribution in [2.45, 2.75) is 31.2 Å². The third-order valence-electron chi connectivity index (χ3n) is 6.74. The van der Waals surface area contributed by atoms with Crippen LogP contribution in [0.5, 0.6) is 6.01 Å². The highest BCUT2D eigenvalue weighted by Gasteiger charge is 2.45. The molecule has 0 aromatic carbocycles. The molecule has 7 nitrogen and oxygen atoms in total. The molecule has 0 saturated carbocycles. The van der Waals surface area contributed by atoms with Crippen LogP contribution >= 0.6 is 27.5 Å². The summed E-state index contributed by atoms with van der Waals surface area (Å²) in [5.41, 5.74) is 0.217. The van der Waals surface area contributed by atoms with Crippen LogP contribution in [0.25, 0.3) is 10.9 Å². The second kappa shape index (κ2) is 8.00. The number of anilines is 1. The molecule has 3 aliphatic heterocycles. The predicted octanol–water partition coefficient (Wildman–Crippen LogP) is 3.34. The number of ether oxygens (including phenoxy) is 1. The van der Waals surface area contributed by atoms with Crippen LogP contribution in [0.3, 0.4) is 0 Å². The summed E-state index contributed by atoms with van der Waals surface area (Å²) < 4.78 is 21.5. The Labute approximate surface area is 188 Å². The molecule has 0 N–H and O–H groups in total. The standard InChI is InChI=1S/C20H25BrClFN6O/c1-27-8-10-28(11-9-27)18-13-15(14(23)17(22)25-16(13)21)24-19(26-18)30-12-20-4-2-6-29(20)7-3-5-20/h2-12H2,1H3. The lowest BCUT2D eigenvalue weighted by atomic mass is 9.95. The fourth-order valence-corrected chi connectivity index (χ4v) is 5.86. The molecule has 0 unspecified atom stereocenters. The molecule has 10 heteroatoms. The van der Waals surface area contributed by atoms with Gasteiger partial charge in [0.25, 0.3) is 0 Å². The summed E-state index contributed by atoms with van der Waals surface area (Å²) in [6.07, 6.45) is 4.64. The molecule has 5 heterocycles. The highest BCUT2D eigenvalue weighted by atomic mass is 79.9. The Kier molecular flexibility index (Phi) is 5.49. The third-order valence-corrected chi connectivity index (χ3v) is 7.57. The highest BCUT2D eigenvalue weighted by molar-refractivity contribution is 9.10. The van der Waals surface area contributed by atoms with Crippen LogP contribution in [-0.4, -0.2) is 83.2 Å². The average Bonchev–Trinajstić information content (AvgIpc) is 3.31. The quantitative estimate of drug-likeness (QED) is 0.598. The van der Waals surface area contributed by atoms with E-state index in [1.807, 2.05) is 0 Å². The van der Waals surface area contributed by atoms with Gasteiger partial charge in [-0.05, 0) is 61.8 Å². The van der Waals surface area contributed by atoms with Gasteiger partial charge in [-0.3, -0.25) is 4.90 Å². The van der Waals surface area contributed by atoms with Gasteiger partial charge in [0.15, 0.2) is 11.0 Å². The van der Waals surface area contributed by atoms with Crippen molar-refractivity contribution in [2.24, 2.45) is 0 Å². The summed E-state index contributed by atoms with van der Waals surface area (Å²) >= 11 is 9.45. The Morgan fingerprint density at radius 2 is 1.77 bits per heavy atom. The van der Waals surface area contributed by atoms with Gasteiger partial charge in [-0.15, -0.1) is 0 Å². The molecule has 162 valence electrons. The van der Waals surface area contributed by atoms with Gasteiger partial charge in [0.05, 0.1) is 10.9 Å². The Morgan fingerprint density at radius 1 is 1.07 bits per heavy atom. The summed E-state index contributed by atoms with van der Waals surface area (Å²) in [4.78, 5) is 20.2. The number of hydrogen-bond donors (Lipinski definition) is 0. The van der Waals surface area contributed by atoms with Gasteiger partial charge < -0.3 is 14.5 Å². The number of likely N-dealkylation sites (N-methyl/N-ethyl adjacent to an activating group) is 1. The maximum atomic E-state index is 14.9. The lowest BCUT2D eigenvalue weighted by Gasteiger charge is -2.34. The van der Waals surface area contributed by atoms with Gasteiger partial charge >= 0.3 is 6.01 Å². The number of aromatic nitrogens is 3. The van der Waals surface area contributed by atoms with Gasteiger partial charge in [0, 0.05) is 26.2 Å². The third kappa shape index (κ3) is 3.53. The lowest BCUT2D eigenvalue weighted by Crippen LogP contribution is -2.45. The largest absolute Gasteiger partial charge is 0.461 e. The molecule has 3 fully saturated rings. The van der Waals surface area contributed by atoms with Crippen molar-refractivity contribution in [2.75, 3.05) is 57.8 Å². The minimum absolute atomic E-state index is 0.0708. The van der Waals surface area contributed by atoms with Crippen molar-refractivity contribution in [1.29, 1.82) is 0 Å². The van der Waals surface area contributed by atoms with Crippen LogP contribution < -0.4 is 9.64 Å². The number of halogens is 3. The van der Waals surface area contributed by atoms with Crippen molar-refractivity contribution in [3.8, 4) is 6.01 Å². The van der Waals surface area contributed by atoms with Gasteiger partial charge in [0.1, 0.15) is 22.5 Å². The maximum absolute atomic E-state index is 14.9. The molecule has 30 heavy (non-hydrogen) atoms. The Morgan fingerprint density at radius 3 is 2.47 bits per heavy atom. The predicted molar refractivity (Wildman–Crippen MR) is 118 cm³/mol. The molecular weight excluding hydrogens is 475 g/mol. The van der Waals surface area contributed by atoms with Gasteiger partial charge in [-0.2, -0.15) is 9.97 Å². The topological polar surface area (TPSA) is 57.6 Å². The molecule has 3 aliphatic rings. The van der Waals surface area contributed by atoms with Gasteiger partial charge in [-0.25, -0.2) is 9.37 Å². The van der Waals surface area contributed by atoms with E-state index in [9.17, 15) is 4.39 Å². The summed E-state index contributed by atoms with van der Waals surface area (Å²) in [5.74, 6) is 0.00394. The second-order valence-electron chi connectivity index (χ2n) is 8.56. The zero-order chi connectivity index (χ0) is 20.9. The minimum Gasteiger partial charge on any atom is -0.461 e. The van der Waals surface area contributed by atoms with Crippen LogP contribution in [0.15, 0.2) is 4.60 Å². The maximum Gasteiger partial charge on any atom is 0.319 e. The molecule has 0 atom stereocenters. The van der Waals surface area contributed by atoms with E-state index in [1.165, 1.54) is 12.8 Å². The average molecular weight is 500 g/mol. The van der Waals surface area contributed by atoms with Crippen molar-refractivity contribution < 1.29 is 9.13 Å². The van der Waals surface area contributed by atoms with Crippen LogP contribution in [0.1, 0.15) is 25.7 Å². The molecule has 0 amide bonds. The molecule has 0 spiro atoms. The Hall–Kier alpha value is -1.29. The number of pyridine rings is 1. The number of rotatable bonds is 4. The molecule has 2 aromatic rings. The molecular formula is C20H25BrClFN6O. The zero-order valence-electron chi connectivity index (χ0n) is 17.0. The van der Waals surface area contributed by atoms with Crippen molar-refractivity contribution in [3.05, 3.63) is 15.6 Å². The molecule has 0 bridgehead atoms. The minimum atomic E-state index is -0.640. The van der Waals surface area contributed by atoms with Crippen LogP contribution in [0, 0.1) is 5.82 Å². The van der Waals surface area contributed by atoms with E-state index in [2.05, 4.69) is 47.6 Å². The Bertz CT molecular complexity index is 960. The Balaban J connectivity index is 1.53. The normalized spacial score (nSPS) is 22.1. The van der Waals surface area contributed by atoms with Crippen LogP contribution in [0.2, 0.25) is 5.15 Å². The SMILES string of the molecule is CN1CCN(c2nc(OCC34CCCN3CCC4)nc3c(F)c(Cl)nc(Br)c23)CC1. The summed E-state index contributed by atoms with van der Waals surface area (Å²) in [6.45, 7) is 6.16. The smallest absolute Gasteiger partial charge is 0.319 e. The first-order valence-corrected chi connectivity index (χ1v) is 11.7. The molecule has 2 aromatic heterocycles. The summed E-state index contributed by atoms with van der Waals surface area (Å²) in [6, 6.07) is 0.206. The van der Waals surface area contributed by atoms with Crippen molar-refractivity contribution >= 4 is 44.3 Å². The number of nitrogens with zero attached hydrogens (tertiary/aromatic N) is 6. The fraction of sp³-hybridized carbons (Fsp3) is 0.650. The first-order chi connectivity index (χ1) is 14.5. The van der Waals surface area contributed by atoms with E-state index in [-0.39, 0.29) is 22.2 Å². The number of hydrogen-bond acceptors (Lipinski definition) is 7. The summed E-state index contributed by atoms with van der Waals surface area (Å²) in [5, 5.41) is 0.329. The fourth-order valence-electron chi connectivity index (χ4n) is 5.04. The molecule has 0 aliphatic carbocycles. The molecule has 5 rings (SSSR count). The first kappa shape index (κ1) is 20.6. The summed E-state index contributed by atoms with van der Waals surface area (Å²) in [7, 11) is 2.09. The number of piperazine rings is 1. The van der Waals surface area contributed by atoms with E-state index >= 15 is 0 Å². The monoisotopic (exact) mass is 498 g/mol. The molecule has 3 saturated heterocycles. The van der Waals surface area contributed by atoms with Crippen LogP contribution in [0.4, 0.5) is 10.2 Å². The number of fused-ring (bicyclic) bond motifs is 2. The molecule has 0 radical (unpaired) electrons. The van der Waals surface area contributed by atoms with E-state index in [0.717, 1.165) is 52.1 Å². The van der Waals surface area contributed by atoms with Crippen LogP contribution in [-0.2, 0) is 0 Å². The van der Waals surface area contributed by atoms with E-state index in [4.69, 9.17) is 21.3 Å². The van der Waals surface area contributed by atoms with E-state index in [0.29, 0.717) is 22.4 Å². The highest BCUT2D eigenvalue weighted by Crippen LogP contribution is 2.40. The second-order valence-corrected chi connectivity index (χ2v) is 9.67. The van der Waals surface area contributed by atoms with E-state index in [1.54, 1.807) is 0 Å². The van der Waals surface area contributed by atoms with E-state index < -0.39 is 5.82 Å². The van der Waals surface area contributed by atoms with Gasteiger partial charge in [-0.1, -0.05) is 11.6 Å².